The number of hydrogen-bond acceptors (Lipinski definition) is 3. The summed E-state index contributed by atoms with van der Waals surface area (Å²) in [6, 6.07) is 0. The van der Waals surface area contributed by atoms with Crippen molar-refractivity contribution in [2.45, 2.75) is 77.6 Å². The molecule has 1 N–H and O–H groups in total. The van der Waals surface area contributed by atoms with E-state index in [2.05, 4.69) is 6.92 Å². The maximum atomic E-state index is 10.8. The average molecular weight is 285 g/mol. The van der Waals surface area contributed by atoms with Gasteiger partial charge in [-0.3, -0.25) is 14.9 Å². The summed E-state index contributed by atoms with van der Waals surface area (Å²) in [6.07, 6.45) is 10.9. The molecule has 0 heterocycles. The first kappa shape index (κ1) is 18.6. The molecular weight excluding hydrogens is 258 g/mol. The molecule has 0 saturated heterocycles. The minimum Gasteiger partial charge on any atom is -0.481 e. The van der Waals surface area contributed by atoms with Gasteiger partial charge < -0.3 is 5.11 Å². The van der Waals surface area contributed by atoms with Crippen LogP contribution in [-0.4, -0.2) is 16.0 Å². The highest BCUT2D eigenvalue weighted by atomic mass is 16.6. The predicted molar refractivity (Wildman–Crippen MR) is 79.2 cm³/mol. The predicted octanol–water partition coefficient (Wildman–Crippen LogP) is 4.54. The molecule has 0 aliphatic carbocycles. The molecule has 0 aromatic heterocycles. The molecule has 0 unspecified atom stereocenters. The Labute approximate surface area is 121 Å². The third kappa shape index (κ3) is 11.7. The van der Waals surface area contributed by atoms with Crippen molar-refractivity contribution in [2.24, 2.45) is 0 Å². The highest BCUT2D eigenvalue weighted by Gasteiger charge is 2.09. The van der Waals surface area contributed by atoms with Gasteiger partial charge in [-0.2, -0.15) is 0 Å². The first-order valence-corrected chi connectivity index (χ1v) is 7.63. The molecule has 0 fully saturated rings. The van der Waals surface area contributed by atoms with Gasteiger partial charge in [-0.1, -0.05) is 39.0 Å². The van der Waals surface area contributed by atoms with Gasteiger partial charge in [-0.15, -0.1) is 0 Å². The number of unbranched alkanes of at least 4 members (excludes halogenated alkanes) is 7. The van der Waals surface area contributed by atoms with Crippen molar-refractivity contribution in [1.29, 1.82) is 0 Å². The molecular formula is C15H27NO4. The fourth-order valence-electron chi connectivity index (χ4n) is 2.03. The third-order valence-corrected chi connectivity index (χ3v) is 3.25. The standard InChI is InChI=1S/C15H27NO4/c1-2-3-8-11-14(16(19)20)12-9-6-4-5-7-10-13-15(17)18/h11H,2-10,12-13H2,1H3,(H,17,18). The zero-order chi connectivity index (χ0) is 15.2. The van der Waals surface area contributed by atoms with Crippen LogP contribution in [0.2, 0.25) is 0 Å². The molecule has 0 atom stereocenters. The SMILES string of the molecule is CCCCC=C(CCCCCCCCC(=O)O)[N+](=O)[O-]. The van der Waals surface area contributed by atoms with E-state index in [4.69, 9.17) is 5.11 Å². The number of hydrogen-bond donors (Lipinski definition) is 1. The highest BCUT2D eigenvalue weighted by Crippen LogP contribution is 2.14. The van der Waals surface area contributed by atoms with Crippen molar-refractivity contribution in [3.63, 3.8) is 0 Å². The smallest absolute Gasteiger partial charge is 0.303 e. The van der Waals surface area contributed by atoms with Crippen molar-refractivity contribution < 1.29 is 14.8 Å². The summed E-state index contributed by atoms with van der Waals surface area (Å²) in [4.78, 5) is 20.9. The van der Waals surface area contributed by atoms with E-state index in [0.717, 1.165) is 57.8 Å². The van der Waals surface area contributed by atoms with Crippen LogP contribution >= 0.6 is 0 Å². The van der Waals surface area contributed by atoms with Crippen molar-refractivity contribution in [2.75, 3.05) is 0 Å². The van der Waals surface area contributed by atoms with Crippen LogP contribution in [0.25, 0.3) is 0 Å². The summed E-state index contributed by atoms with van der Waals surface area (Å²) in [5.74, 6) is -0.738. The summed E-state index contributed by atoms with van der Waals surface area (Å²) in [6.45, 7) is 2.07. The van der Waals surface area contributed by atoms with Crippen LogP contribution < -0.4 is 0 Å². The van der Waals surface area contributed by atoms with E-state index in [0.29, 0.717) is 12.1 Å². The van der Waals surface area contributed by atoms with E-state index in [9.17, 15) is 14.9 Å². The molecule has 0 aromatic rings. The van der Waals surface area contributed by atoms with Gasteiger partial charge in [0.25, 0.3) is 0 Å². The normalized spacial score (nSPS) is 11.6. The van der Waals surface area contributed by atoms with Gasteiger partial charge >= 0.3 is 5.97 Å². The van der Waals surface area contributed by atoms with Gasteiger partial charge in [0.2, 0.25) is 5.70 Å². The number of carbonyl (C=O) groups is 1. The molecule has 0 spiro atoms. The molecule has 116 valence electrons. The Balaban J connectivity index is 3.61. The topological polar surface area (TPSA) is 80.4 Å². The zero-order valence-corrected chi connectivity index (χ0v) is 12.5. The first-order chi connectivity index (χ1) is 9.57. The van der Waals surface area contributed by atoms with Crippen LogP contribution in [0.5, 0.6) is 0 Å². The molecule has 0 aromatic carbocycles. The van der Waals surface area contributed by atoms with Crippen molar-refractivity contribution in [3.05, 3.63) is 21.9 Å². The molecule has 0 saturated carbocycles. The van der Waals surface area contributed by atoms with E-state index in [1.54, 1.807) is 6.08 Å². The van der Waals surface area contributed by atoms with Crippen LogP contribution in [0.3, 0.4) is 0 Å². The van der Waals surface area contributed by atoms with E-state index < -0.39 is 5.97 Å². The Hall–Kier alpha value is -1.39. The zero-order valence-electron chi connectivity index (χ0n) is 12.5. The van der Waals surface area contributed by atoms with Crippen LogP contribution in [0.4, 0.5) is 0 Å². The van der Waals surface area contributed by atoms with E-state index in [-0.39, 0.29) is 11.3 Å². The number of nitro groups is 1. The summed E-state index contributed by atoms with van der Waals surface area (Å²) < 4.78 is 0. The van der Waals surface area contributed by atoms with Crippen LogP contribution in [0.15, 0.2) is 11.8 Å². The maximum Gasteiger partial charge on any atom is 0.303 e. The molecule has 0 aliphatic rings. The fraction of sp³-hybridized carbons (Fsp3) is 0.800. The number of carboxylic acids is 1. The quantitative estimate of drug-likeness (QED) is 0.306. The Morgan fingerprint density at radius 2 is 1.60 bits per heavy atom. The minimum atomic E-state index is -0.738. The van der Waals surface area contributed by atoms with Crippen LogP contribution in [0, 0.1) is 10.1 Å². The highest BCUT2D eigenvalue weighted by molar-refractivity contribution is 5.66. The number of rotatable bonds is 13. The molecule has 0 rings (SSSR count). The van der Waals surface area contributed by atoms with Crippen molar-refractivity contribution >= 4 is 5.97 Å². The van der Waals surface area contributed by atoms with Gasteiger partial charge in [0.15, 0.2) is 0 Å². The average Bonchev–Trinajstić information content (AvgIpc) is 2.39. The maximum absolute atomic E-state index is 10.8. The number of aliphatic carboxylic acids is 1. The largest absolute Gasteiger partial charge is 0.481 e. The first-order valence-electron chi connectivity index (χ1n) is 7.63. The molecule has 0 bridgehead atoms. The summed E-state index contributed by atoms with van der Waals surface area (Å²) in [7, 11) is 0. The minimum absolute atomic E-state index is 0.242. The van der Waals surface area contributed by atoms with Crippen molar-refractivity contribution in [1.82, 2.24) is 0 Å². The second-order valence-electron chi connectivity index (χ2n) is 5.11. The number of carboxylic acid groups (broad SMARTS) is 1. The van der Waals surface area contributed by atoms with Gasteiger partial charge in [0.05, 0.1) is 4.92 Å². The Bertz CT molecular complexity index is 313. The lowest BCUT2D eigenvalue weighted by molar-refractivity contribution is -0.428. The number of nitrogens with zero attached hydrogens (tertiary/aromatic N) is 1. The lowest BCUT2D eigenvalue weighted by Crippen LogP contribution is -1.99. The second kappa shape index (κ2) is 12.6. The van der Waals surface area contributed by atoms with Crippen LogP contribution in [-0.2, 0) is 4.79 Å². The summed E-state index contributed by atoms with van der Waals surface area (Å²) >= 11 is 0. The lowest BCUT2D eigenvalue weighted by Gasteiger charge is -2.01. The Kier molecular flexibility index (Phi) is 11.8. The molecule has 0 amide bonds. The Morgan fingerprint density at radius 3 is 2.10 bits per heavy atom. The monoisotopic (exact) mass is 285 g/mol. The van der Waals surface area contributed by atoms with Gasteiger partial charge in [-0.05, 0) is 31.8 Å². The lowest BCUT2D eigenvalue weighted by atomic mass is 10.1. The summed E-state index contributed by atoms with van der Waals surface area (Å²) in [5.41, 5.74) is 0.351. The third-order valence-electron chi connectivity index (χ3n) is 3.25. The van der Waals surface area contributed by atoms with Gasteiger partial charge in [-0.25, -0.2) is 0 Å². The van der Waals surface area contributed by atoms with E-state index >= 15 is 0 Å². The second-order valence-corrected chi connectivity index (χ2v) is 5.11. The molecule has 0 aliphatic heterocycles. The molecule has 5 nitrogen and oxygen atoms in total. The number of allylic oxidation sites excluding steroid dienone is 2. The van der Waals surface area contributed by atoms with Gasteiger partial charge in [0, 0.05) is 12.8 Å². The van der Waals surface area contributed by atoms with Crippen LogP contribution in [0.1, 0.15) is 77.6 Å². The summed E-state index contributed by atoms with van der Waals surface area (Å²) in [5, 5.41) is 19.3. The van der Waals surface area contributed by atoms with E-state index in [1.165, 1.54) is 0 Å². The van der Waals surface area contributed by atoms with Gasteiger partial charge in [0.1, 0.15) is 0 Å². The molecule has 20 heavy (non-hydrogen) atoms. The Morgan fingerprint density at radius 1 is 1.05 bits per heavy atom. The fourth-order valence-corrected chi connectivity index (χ4v) is 2.03. The molecule has 5 heteroatoms. The molecule has 0 radical (unpaired) electrons. The van der Waals surface area contributed by atoms with E-state index in [1.807, 2.05) is 0 Å². The van der Waals surface area contributed by atoms with Crippen molar-refractivity contribution in [3.8, 4) is 0 Å².